The van der Waals surface area contributed by atoms with Gasteiger partial charge in [-0.1, -0.05) is 27.7 Å². The highest BCUT2D eigenvalue weighted by molar-refractivity contribution is 6.04. The van der Waals surface area contributed by atoms with Crippen molar-refractivity contribution < 1.29 is 14.7 Å². The van der Waals surface area contributed by atoms with E-state index < -0.39 is 11.4 Å². The fourth-order valence-corrected chi connectivity index (χ4v) is 2.09. The van der Waals surface area contributed by atoms with Crippen LogP contribution in [0.15, 0.2) is 0 Å². The Bertz CT molecular complexity index is 320. The third-order valence-corrected chi connectivity index (χ3v) is 3.81. The summed E-state index contributed by atoms with van der Waals surface area (Å²) in [4.78, 5) is 25.5. The van der Waals surface area contributed by atoms with Crippen LogP contribution in [0, 0.1) is 17.3 Å². The molecule has 1 N–H and O–H groups in total. The van der Waals surface area contributed by atoms with Gasteiger partial charge >= 0.3 is 5.97 Å². The molecule has 1 aliphatic carbocycles. The van der Waals surface area contributed by atoms with Crippen LogP contribution in [-0.4, -0.2) is 35.0 Å². The Kier molecular flexibility index (Phi) is 5.39. The van der Waals surface area contributed by atoms with E-state index in [1.54, 1.807) is 4.90 Å². The largest absolute Gasteiger partial charge is 0.480 e. The van der Waals surface area contributed by atoms with E-state index in [-0.39, 0.29) is 5.91 Å². The SMILES string of the molecule is CC(C)CCN(CCC(C)C)C(=O)C1(C(=O)O)CC1. The Hall–Kier alpha value is -1.06. The first-order valence-electron chi connectivity index (χ1n) is 7.32. The molecule has 0 radical (unpaired) electrons. The normalized spacial score (nSPS) is 16.7. The van der Waals surface area contributed by atoms with Gasteiger partial charge in [-0.2, -0.15) is 0 Å². The monoisotopic (exact) mass is 269 g/mol. The van der Waals surface area contributed by atoms with E-state index >= 15 is 0 Å². The van der Waals surface area contributed by atoms with Crippen LogP contribution in [0.5, 0.6) is 0 Å². The Labute approximate surface area is 116 Å². The van der Waals surface area contributed by atoms with Gasteiger partial charge in [0.25, 0.3) is 0 Å². The number of hydrogen-bond acceptors (Lipinski definition) is 2. The summed E-state index contributed by atoms with van der Waals surface area (Å²) >= 11 is 0. The lowest BCUT2D eigenvalue weighted by Gasteiger charge is -2.27. The smallest absolute Gasteiger partial charge is 0.319 e. The number of carbonyl (C=O) groups excluding carboxylic acids is 1. The molecule has 110 valence electrons. The van der Waals surface area contributed by atoms with E-state index in [9.17, 15) is 14.7 Å². The summed E-state index contributed by atoms with van der Waals surface area (Å²) in [5.41, 5.74) is -1.09. The molecule has 1 fully saturated rings. The van der Waals surface area contributed by atoms with Crippen LogP contribution < -0.4 is 0 Å². The van der Waals surface area contributed by atoms with Crippen molar-refractivity contribution in [2.45, 2.75) is 53.4 Å². The maximum Gasteiger partial charge on any atom is 0.319 e. The number of amides is 1. The molecule has 4 heteroatoms. The molecule has 1 aliphatic rings. The van der Waals surface area contributed by atoms with Crippen LogP contribution in [0.4, 0.5) is 0 Å². The zero-order chi connectivity index (χ0) is 14.6. The minimum atomic E-state index is -1.09. The fourth-order valence-electron chi connectivity index (χ4n) is 2.09. The average molecular weight is 269 g/mol. The minimum absolute atomic E-state index is 0.165. The lowest BCUT2D eigenvalue weighted by Crippen LogP contribution is -2.42. The fraction of sp³-hybridized carbons (Fsp3) is 0.867. The molecule has 0 aromatic heterocycles. The quantitative estimate of drug-likeness (QED) is 0.689. The average Bonchev–Trinajstić information content (AvgIpc) is 3.08. The minimum Gasteiger partial charge on any atom is -0.480 e. The van der Waals surface area contributed by atoms with Gasteiger partial charge < -0.3 is 10.0 Å². The Morgan fingerprint density at radius 1 is 1.05 bits per heavy atom. The van der Waals surface area contributed by atoms with E-state index in [4.69, 9.17) is 0 Å². The highest BCUT2D eigenvalue weighted by atomic mass is 16.4. The molecule has 1 amide bonds. The van der Waals surface area contributed by atoms with Crippen molar-refractivity contribution in [2.75, 3.05) is 13.1 Å². The molecule has 0 atom stereocenters. The highest BCUT2D eigenvalue weighted by Gasteiger charge is 2.58. The molecule has 1 rings (SSSR count). The number of carboxylic acids is 1. The van der Waals surface area contributed by atoms with E-state index in [0.717, 1.165) is 12.8 Å². The number of rotatable bonds is 8. The first kappa shape index (κ1) is 16.0. The van der Waals surface area contributed by atoms with Crippen molar-refractivity contribution >= 4 is 11.9 Å². The summed E-state index contributed by atoms with van der Waals surface area (Å²) < 4.78 is 0. The Morgan fingerprint density at radius 2 is 1.47 bits per heavy atom. The van der Waals surface area contributed by atoms with Gasteiger partial charge in [0.15, 0.2) is 0 Å². The zero-order valence-electron chi connectivity index (χ0n) is 12.6. The maximum atomic E-state index is 12.4. The lowest BCUT2D eigenvalue weighted by atomic mass is 10.0. The molecule has 1 saturated carbocycles. The number of carbonyl (C=O) groups is 2. The second-order valence-electron chi connectivity index (χ2n) is 6.54. The third-order valence-electron chi connectivity index (χ3n) is 3.81. The number of carboxylic acid groups (broad SMARTS) is 1. The number of aliphatic carboxylic acids is 1. The van der Waals surface area contributed by atoms with Crippen molar-refractivity contribution in [3.63, 3.8) is 0 Å². The van der Waals surface area contributed by atoms with Gasteiger partial charge in [0.05, 0.1) is 0 Å². The first-order valence-corrected chi connectivity index (χ1v) is 7.32. The van der Waals surface area contributed by atoms with Crippen molar-refractivity contribution in [2.24, 2.45) is 17.3 Å². The molecule has 0 aromatic rings. The molecule has 4 nitrogen and oxygen atoms in total. The number of nitrogens with zero attached hydrogens (tertiary/aromatic N) is 1. The molecule has 19 heavy (non-hydrogen) atoms. The van der Waals surface area contributed by atoms with Crippen LogP contribution in [-0.2, 0) is 9.59 Å². The van der Waals surface area contributed by atoms with Crippen LogP contribution in [0.25, 0.3) is 0 Å². The Balaban J connectivity index is 2.66. The summed E-state index contributed by atoms with van der Waals surface area (Å²) in [7, 11) is 0. The van der Waals surface area contributed by atoms with Crippen molar-refractivity contribution in [3.8, 4) is 0 Å². The molecule has 0 bridgehead atoms. The van der Waals surface area contributed by atoms with Crippen LogP contribution in [0.2, 0.25) is 0 Å². The lowest BCUT2D eigenvalue weighted by molar-refractivity contribution is -0.153. The summed E-state index contributed by atoms with van der Waals surface area (Å²) in [6.45, 7) is 9.84. The molecule has 0 aliphatic heterocycles. The molecular weight excluding hydrogens is 242 g/mol. The van der Waals surface area contributed by atoms with Crippen LogP contribution in [0.1, 0.15) is 53.4 Å². The molecule has 0 aromatic carbocycles. The van der Waals surface area contributed by atoms with E-state index in [2.05, 4.69) is 27.7 Å². The van der Waals surface area contributed by atoms with Gasteiger partial charge in [0, 0.05) is 13.1 Å². The van der Waals surface area contributed by atoms with Crippen LogP contribution in [0.3, 0.4) is 0 Å². The van der Waals surface area contributed by atoms with Gasteiger partial charge in [-0.05, 0) is 37.5 Å². The van der Waals surface area contributed by atoms with E-state index in [1.807, 2.05) is 0 Å². The summed E-state index contributed by atoms with van der Waals surface area (Å²) in [6.07, 6.45) is 2.86. The van der Waals surface area contributed by atoms with E-state index in [1.165, 1.54) is 0 Å². The molecule has 0 spiro atoms. The maximum absolute atomic E-state index is 12.4. The number of hydrogen-bond donors (Lipinski definition) is 1. The standard InChI is InChI=1S/C15H27NO3/c1-11(2)5-9-16(10-6-12(3)4)13(17)15(7-8-15)14(18)19/h11-12H,5-10H2,1-4H3,(H,18,19). The first-order chi connectivity index (χ1) is 8.79. The summed E-state index contributed by atoms with van der Waals surface area (Å²) in [6, 6.07) is 0. The van der Waals surface area contributed by atoms with Crippen molar-refractivity contribution in [1.82, 2.24) is 4.90 Å². The topological polar surface area (TPSA) is 57.6 Å². The van der Waals surface area contributed by atoms with Gasteiger partial charge in [-0.15, -0.1) is 0 Å². The zero-order valence-corrected chi connectivity index (χ0v) is 12.6. The van der Waals surface area contributed by atoms with Gasteiger partial charge in [-0.3, -0.25) is 9.59 Å². The van der Waals surface area contributed by atoms with Gasteiger partial charge in [-0.25, -0.2) is 0 Å². The van der Waals surface area contributed by atoms with E-state index in [0.29, 0.717) is 37.8 Å². The molecular formula is C15H27NO3. The molecule has 0 unspecified atom stereocenters. The highest BCUT2D eigenvalue weighted by Crippen LogP contribution is 2.47. The Morgan fingerprint density at radius 3 is 1.74 bits per heavy atom. The predicted molar refractivity (Wildman–Crippen MR) is 74.8 cm³/mol. The molecule has 0 heterocycles. The van der Waals surface area contributed by atoms with Gasteiger partial charge in [0.2, 0.25) is 5.91 Å². The van der Waals surface area contributed by atoms with Crippen LogP contribution >= 0.6 is 0 Å². The summed E-state index contributed by atoms with van der Waals surface area (Å²) in [5, 5.41) is 9.23. The van der Waals surface area contributed by atoms with Crippen molar-refractivity contribution in [1.29, 1.82) is 0 Å². The van der Waals surface area contributed by atoms with Crippen molar-refractivity contribution in [3.05, 3.63) is 0 Å². The predicted octanol–water partition coefficient (Wildman–Crippen LogP) is 2.77. The second-order valence-corrected chi connectivity index (χ2v) is 6.54. The molecule has 0 saturated heterocycles. The third kappa shape index (κ3) is 4.22. The second kappa shape index (κ2) is 6.40. The summed E-state index contributed by atoms with van der Waals surface area (Å²) in [5.74, 6) is -0.0680. The van der Waals surface area contributed by atoms with Gasteiger partial charge in [0.1, 0.15) is 5.41 Å².